The molecular formula is C8H14F2Si. The molecule has 0 atom stereocenters. The van der Waals surface area contributed by atoms with Crippen molar-refractivity contribution in [3.8, 4) is 0 Å². The summed E-state index contributed by atoms with van der Waals surface area (Å²) in [6.07, 6.45) is 0. The molecule has 0 nitrogen and oxygen atoms in total. The summed E-state index contributed by atoms with van der Waals surface area (Å²) in [5, 5.41) is 0. The van der Waals surface area contributed by atoms with Crippen molar-refractivity contribution in [2.75, 3.05) is 0 Å². The summed E-state index contributed by atoms with van der Waals surface area (Å²) in [4.78, 5) is 0. The zero-order valence-corrected chi connectivity index (χ0v) is 8.03. The second-order valence-corrected chi connectivity index (χ2v) is 3.74. The Hall–Kier alpha value is -0.703. The van der Waals surface area contributed by atoms with Crippen LogP contribution in [0.3, 0.4) is 0 Å². The van der Waals surface area contributed by atoms with Crippen molar-refractivity contribution in [1.29, 1.82) is 0 Å². The van der Waals surface area contributed by atoms with Crippen molar-refractivity contribution >= 4 is 9.52 Å². The third kappa shape index (κ3) is 4.67. The van der Waals surface area contributed by atoms with Gasteiger partial charge in [0.15, 0.2) is 0 Å². The van der Waals surface area contributed by atoms with Crippen LogP contribution in [0.5, 0.6) is 0 Å². The molecule has 0 saturated carbocycles. The van der Waals surface area contributed by atoms with Gasteiger partial charge in [0, 0.05) is 9.52 Å². The predicted molar refractivity (Wildman–Crippen MR) is 49.6 cm³/mol. The lowest BCUT2D eigenvalue weighted by Crippen LogP contribution is -1.88. The molecule has 0 radical (unpaired) electrons. The Balaban J connectivity index is 0. The van der Waals surface area contributed by atoms with E-state index in [1.807, 2.05) is 0 Å². The maximum absolute atomic E-state index is 2.34. The van der Waals surface area contributed by atoms with Gasteiger partial charge < -0.3 is 0 Å². The molecule has 0 saturated heterocycles. The fourth-order valence-electron chi connectivity index (χ4n) is 0.933. The molecule has 0 aliphatic heterocycles. The number of halogens is 2. The number of rotatable bonds is 2. The zero-order chi connectivity index (χ0) is 6.53. The first kappa shape index (κ1) is 12.9. The summed E-state index contributed by atoms with van der Waals surface area (Å²) >= 11 is 0. The monoisotopic (exact) mass is 176 g/mol. The predicted octanol–water partition coefficient (Wildman–Crippen LogP) is 1.71. The molecule has 0 aromatic heterocycles. The van der Waals surface area contributed by atoms with E-state index < -0.39 is 0 Å². The highest BCUT2D eigenvalue weighted by molar-refractivity contribution is 6.32. The largest absolute Gasteiger partial charge is 0.269 e. The molecule has 0 aliphatic rings. The molecule has 3 heteroatoms. The van der Waals surface area contributed by atoms with Crippen LogP contribution in [-0.4, -0.2) is 9.52 Å². The highest BCUT2D eigenvalue weighted by Gasteiger charge is 1.85. The molecule has 1 rings (SSSR count). The van der Waals surface area contributed by atoms with Crippen LogP contribution < -0.4 is 0 Å². The Morgan fingerprint density at radius 1 is 1.09 bits per heavy atom. The molecule has 0 N–H and O–H groups in total. The first-order valence-electron chi connectivity index (χ1n) is 3.47. The molecule has 0 spiro atoms. The molecular weight excluding hydrogens is 162 g/mol. The quantitative estimate of drug-likeness (QED) is 0.602. The third-order valence-corrected chi connectivity index (χ3v) is 2.46. The summed E-state index contributed by atoms with van der Waals surface area (Å²) in [5.74, 6) is 0. The highest BCUT2D eigenvalue weighted by atomic mass is 28.2. The lowest BCUT2D eigenvalue weighted by Gasteiger charge is -1.93. The number of hydrogen-bond donors (Lipinski definition) is 0. The van der Waals surface area contributed by atoms with E-state index in [1.54, 1.807) is 0 Å². The van der Waals surface area contributed by atoms with E-state index in [0.29, 0.717) is 0 Å². The van der Waals surface area contributed by atoms with Crippen LogP contribution in [0.25, 0.3) is 0 Å². The second kappa shape index (κ2) is 7.40. The van der Waals surface area contributed by atoms with Crippen LogP contribution >= 0.6 is 0 Å². The van der Waals surface area contributed by atoms with E-state index in [4.69, 9.17) is 0 Å². The van der Waals surface area contributed by atoms with Crippen LogP contribution in [0, 0.1) is 0 Å². The Morgan fingerprint density at radius 3 is 2.09 bits per heavy atom. The maximum atomic E-state index is 2.34. The molecule has 0 unspecified atom stereocenters. The van der Waals surface area contributed by atoms with E-state index >= 15 is 0 Å². The van der Waals surface area contributed by atoms with E-state index in [2.05, 4.69) is 36.9 Å². The van der Waals surface area contributed by atoms with E-state index in [-0.39, 0.29) is 18.9 Å². The van der Waals surface area contributed by atoms with Gasteiger partial charge in [-0.1, -0.05) is 42.4 Å². The van der Waals surface area contributed by atoms with Crippen molar-refractivity contribution in [2.24, 2.45) is 0 Å². The van der Waals surface area contributed by atoms with Crippen molar-refractivity contribution < 1.29 is 9.41 Å². The Labute approximate surface area is 68.2 Å². The Kier molecular flexibility index (Phi) is 8.70. The van der Waals surface area contributed by atoms with Crippen molar-refractivity contribution in [2.45, 2.75) is 12.6 Å². The zero-order valence-electron chi connectivity index (χ0n) is 6.62. The average molecular weight is 176 g/mol. The maximum Gasteiger partial charge on any atom is 0.0217 e. The lowest BCUT2D eigenvalue weighted by molar-refractivity contribution is 1.11. The van der Waals surface area contributed by atoms with Gasteiger partial charge in [0.1, 0.15) is 0 Å². The van der Waals surface area contributed by atoms with Crippen molar-refractivity contribution in [3.05, 3.63) is 35.9 Å². The minimum Gasteiger partial charge on any atom is -0.269 e. The van der Waals surface area contributed by atoms with Crippen LogP contribution in [0.2, 0.25) is 6.55 Å². The van der Waals surface area contributed by atoms with Gasteiger partial charge >= 0.3 is 0 Å². The minimum absolute atomic E-state index is 0. The van der Waals surface area contributed by atoms with E-state index in [1.165, 1.54) is 11.6 Å². The van der Waals surface area contributed by atoms with Crippen LogP contribution in [-0.2, 0) is 6.04 Å². The first-order chi connectivity index (χ1) is 4.43. The van der Waals surface area contributed by atoms with Gasteiger partial charge in [-0.25, -0.2) is 0 Å². The third-order valence-electron chi connectivity index (χ3n) is 1.38. The lowest BCUT2D eigenvalue weighted by atomic mass is 10.2. The van der Waals surface area contributed by atoms with Crippen LogP contribution in [0.15, 0.2) is 30.3 Å². The summed E-state index contributed by atoms with van der Waals surface area (Å²) in [7, 11) is 0.216. The number of benzene rings is 1. The average Bonchev–Trinajstić information content (AvgIpc) is 1.91. The van der Waals surface area contributed by atoms with Crippen molar-refractivity contribution in [3.63, 3.8) is 0 Å². The number of hydrogen-bond acceptors (Lipinski definition) is 0. The highest BCUT2D eigenvalue weighted by Crippen LogP contribution is 1.97. The normalized spacial score (nSPS) is 8.82. The van der Waals surface area contributed by atoms with E-state index in [9.17, 15) is 0 Å². The summed E-state index contributed by atoms with van der Waals surface area (Å²) in [6.45, 7) is 2.34. The summed E-state index contributed by atoms with van der Waals surface area (Å²) < 4.78 is 0. The molecule has 1 aromatic rings. The second-order valence-electron chi connectivity index (χ2n) is 2.24. The fraction of sp³-hybridized carbons (Fsp3) is 0.250. The van der Waals surface area contributed by atoms with Gasteiger partial charge in [0.2, 0.25) is 0 Å². The van der Waals surface area contributed by atoms with Gasteiger partial charge in [-0.2, -0.15) is 0 Å². The molecule has 11 heavy (non-hydrogen) atoms. The standard InChI is InChI=1S/C8H12Si.2FH/c1-9-7-8-5-3-2-4-6-8;;/h2-6H,7,9H2,1H3;2*1H. The van der Waals surface area contributed by atoms with Gasteiger partial charge in [-0.3, -0.25) is 9.41 Å². The molecule has 1 aromatic carbocycles. The molecule has 0 fully saturated rings. The molecule has 0 heterocycles. The molecule has 0 amide bonds. The van der Waals surface area contributed by atoms with Gasteiger partial charge in [0.25, 0.3) is 0 Å². The van der Waals surface area contributed by atoms with Crippen molar-refractivity contribution in [1.82, 2.24) is 0 Å². The first-order valence-corrected chi connectivity index (χ1v) is 5.89. The Bertz CT molecular complexity index is 165. The van der Waals surface area contributed by atoms with Gasteiger partial charge in [-0.05, 0) is 6.04 Å². The van der Waals surface area contributed by atoms with Gasteiger partial charge in [0.05, 0.1) is 0 Å². The topological polar surface area (TPSA) is 0 Å². The minimum atomic E-state index is 0. The van der Waals surface area contributed by atoms with E-state index in [0.717, 1.165) is 0 Å². The fourth-order valence-corrected chi connectivity index (χ4v) is 1.84. The Morgan fingerprint density at radius 2 is 1.64 bits per heavy atom. The molecule has 64 valence electrons. The summed E-state index contributed by atoms with van der Waals surface area (Å²) in [6, 6.07) is 12.0. The SMILES string of the molecule is C[SiH2]Cc1ccccc1.F.F. The van der Waals surface area contributed by atoms with Crippen LogP contribution in [0.1, 0.15) is 5.56 Å². The summed E-state index contributed by atoms with van der Waals surface area (Å²) in [5.41, 5.74) is 1.51. The smallest absolute Gasteiger partial charge is 0.0217 e. The molecule has 0 aliphatic carbocycles. The van der Waals surface area contributed by atoms with Gasteiger partial charge in [-0.15, -0.1) is 0 Å². The molecule has 0 bridgehead atoms. The van der Waals surface area contributed by atoms with Crippen LogP contribution in [0.4, 0.5) is 9.41 Å².